The minimum Gasteiger partial charge on any atom is -0.496 e. The van der Waals surface area contributed by atoms with Gasteiger partial charge >= 0.3 is 0 Å². The number of carbonyl (C=O) groups excluding carboxylic acids is 1. The van der Waals surface area contributed by atoms with E-state index in [9.17, 15) is 4.79 Å². The zero-order valence-corrected chi connectivity index (χ0v) is 16.9. The maximum absolute atomic E-state index is 12.8. The smallest absolute Gasteiger partial charge is 0.257 e. The number of likely N-dealkylation sites (tertiary alicyclic amines) is 1. The molecule has 28 heavy (non-hydrogen) atoms. The van der Waals surface area contributed by atoms with E-state index in [2.05, 4.69) is 24.2 Å². The third kappa shape index (κ3) is 3.13. The first-order valence-electron chi connectivity index (χ1n) is 9.70. The van der Waals surface area contributed by atoms with Crippen molar-refractivity contribution in [1.29, 1.82) is 0 Å². The molecular weight excluding hydrogens is 352 g/mol. The lowest BCUT2D eigenvalue weighted by Crippen LogP contribution is -2.38. The van der Waals surface area contributed by atoms with Gasteiger partial charge in [-0.15, -0.1) is 0 Å². The predicted octanol–water partition coefficient (Wildman–Crippen LogP) is 3.61. The zero-order valence-electron chi connectivity index (χ0n) is 16.9. The Morgan fingerprint density at radius 2 is 1.93 bits per heavy atom. The van der Waals surface area contributed by atoms with Crippen molar-refractivity contribution in [2.24, 2.45) is 7.05 Å². The molecule has 1 amide bonds. The molecule has 1 saturated heterocycles. The molecule has 0 aliphatic carbocycles. The summed E-state index contributed by atoms with van der Waals surface area (Å²) in [5, 5.41) is 6.51. The highest BCUT2D eigenvalue weighted by Crippen LogP contribution is 2.32. The van der Waals surface area contributed by atoms with Crippen LogP contribution in [-0.2, 0) is 7.05 Å². The predicted molar refractivity (Wildman–Crippen MR) is 109 cm³/mol. The quantitative estimate of drug-likeness (QED) is 0.698. The van der Waals surface area contributed by atoms with E-state index in [1.807, 2.05) is 31.1 Å². The number of fused-ring (bicyclic) bond motifs is 1. The molecule has 146 valence electrons. The first kappa shape index (κ1) is 18.5. The van der Waals surface area contributed by atoms with Crippen LogP contribution in [0.2, 0.25) is 0 Å². The Morgan fingerprint density at radius 3 is 2.57 bits per heavy atom. The molecular formula is C22H26N4O2. The maximum atomic E-state index is 12.8. The third-order valence-corrected chi connectivity index (χ3v) is 6.03. The lowest BCUT2D eigenvalue weighted by atomic mass is 9.91. The number of amides is 1. The summed E-state index contributed by atoms with van der Waals surface area (Å²) in [5.74, 6) is 1.35. The van der Waals surface area contributed by atoms with Crippen LogP contribution in [0.1, 0.15) is 46.1 Å². The fourth-order valence-electron chi connectivity index (χ4n) is 4.06. The highest BCUT2D eigenvalue weighted by molar-refractivity contribution is 5.95. The standard InChI is InChI=1S/C22H26N4O2/c1-14-18-11-20(23-12-17(18)5-6-21(14)28-4)16-7-9-26(10-8-16)22(27)19-13-24-25(3)15(19)2/h5-6,11-13,16H,7-10H2,1-4H3. The van der Waals surface area contributed by atoms with Crippen molar-refractivity contribution in [3.05, 3.63) is 53.1 Å². The molecule has 0 spiro atoms. The monoisotopic (exact) mass is 378 g/mol. The number of benzene rings is 1. The fraction of sp³-hybridized carbons (Fsp3) is 0.409. The van der Waals surface area contributed by atoms with Crippen molar-refractivity contribution in [1.82, 2.24) is 19.7 Å². The number of hydrogen-bond acceptors (Lipinski definition) is 4. The number of hydrogen-bond donors (Lipinski definition) is 0. The van der Waals surface area contributed by atoms with Crippen LogP contribution in [-0.4, -0.2) is 45.8 Å². The van der Waals surface area contributed by atoms with Crippen LogP contribution < -0.4 is 4.74 Å². The second-order valence-corrected chi connectivity index (χ2v) is 7.56. The van der Waals surface area contributed by atoms with Gasteiger partial charge in [0, 0.05) is 49.0 Å². The summed E-state index contributed by atoms with van der Waals surface area (Å²) < 4.78 is 7.21. The van der Waals surface area contributed by atoms with E-state index in [4.69, 9.17) is 9.72 Å². The minimum atomic E-state index is 0.0797. The molecule has 0 radical (unpaired) electrons. The number of rotatable bonds is 3. The third-order valence-electron chi connectivity index (χ3n) is 6.03. The van der Waals surface area contributed by atoms with E-state index < -0.39 is 0 Å². The summed E-state index contributed by atoms with van der Waals surface area (Å²) in [5.41, 5.74) is 3.86. The number of aromatic nitrogens is 3. The molecule has 0 N–H and O–H groups in total. The average molecular weight is 378 g/mol. The molecule has 1 fully saturated rings. The lowest BCUT2D eigenvalue weighted by molar-refractivity contribution is 0.0711. The Kier molecular flexibility index (Phi) is 4.79. The maximum Gasteiger partial charge on any atom is 0.257 e. The van der Waals surface area contributed by atoms with Crippen molar-refractivity contribution in [3.63, 3.8) is 0 Å². The number of piperidine rings is 1. The number of methoxy groups -OCH3 is 1. The highest BCUT2D eigenvalue weighted by Gasteiger charge is 2.27. The van der Waals surface area contributed by atoms with Gasteiger partial charge in [-0.1, -0.05) is 0 Å². The van der Waals surface area contributed by atoms with Gasteiger partial charge in [-0.2, -0.15) is 5.10 Å². The SMILES string of the molecule is COc1ccc2cnc(C3CCN(C(=O)c4cnn(C)c4C)CC3)cc2c1C. The molecule has 0 saturated carbocycles. The number of carbonyl (C=O) groups is 1. The van der Waals surface area contributed by atoms with Crippen molar-refractivity contribution in [2.45, 2.75) is 32.6 Å². The number of ether oxygens (including phenoxy) is 1. The van der Waals surface area contributed by atoms with Gasteiger partial charge in [0.2, 0.25) is 0 Å². The molecule has 0 unspecified atom stereocenters. The van der Waals surface area contributed by atoms with Gasteiger partial charge in [0.05, 0.1) is 18.9 Å². The first-order chi connectivity index (χ1) is 13.5. The molecule has 3 heterocycles. The van der Waals surface area contributed by atoms with Crippen LogP contribution in [0.15, 0.2) is 30.6 Å². The summed E-state index contributed by atoms with van der Waals surface area (Å²) in [7, 11) is 3.56. The fourth-order valence-corrected chi connectivity index (χ4v) is 4.06. The van der Waals surface area contributed by atoms with E-state index in [0.717, 1.165) is 54.0 Å². The molecule has 0 atom stereocenters. The largest absolute Gasteiger partial charge is 0.496 e. The van der Waals surface area contributed by atoms with Gasteiger partial charge in [0.1, 0.15) is 5.75 Å². The number of nitrogens with zero attached hydrogens (tertiary/aromatic N) is 4. The van der Waals surface area contributed by atoms with Gasteiger partial charge in [-0.05, 0) is 55.8 Å². The number of pyridine rings is 1. The van der Waals surface area contributed by atoms with Crippen LogP contribution in [0.5, 0.6) is 5.75 Å². The Labute approximate surface area is 165 Å². The van der Waals surface area contributed by atoms with Crippen LogP contribution in [0.3, 0.4) is 0 Å². The van der Waals surface area contributed by atoms with E-state index in [1.54, 1.807) is 18.0 Å². The second kappa shape index (κ2) is 7.26. The molecule has 0 bridgehead atoms. The molecule has 4 rings (SSSR count). The van der Waals surface area contributed by atoms with Crippen LogP contribution in [0.25, 0.3) is 10.8 Å². The lowest BCUT2D eigenvalue weighted by Gasteiger charge is -2.31. The molecule has 3 aromatic rings. The van der Waals surface area contributed by atoms with Gasteiger partial charge in [0.25, 0.3) is 5.91 Å². The Morgan fingerprint density at radius 1 is 1.18 bits per heavy atom. The summed E-state index contributed by atoms with van der Waals surface area (Å²) in [4.78, 5) is 19.5. The van der Waals surface area contributed by atoms with E-state index >= 15 is 0 Å². The minimum absolute atomic E-state index is 0.0797. The first-order valence-corrected chi connectivity index (χ1v) is 9.70. The molecule has 1 aliphatic rings. The molecule has 6 heteroatoms. The van der Waals surface area contributed by atoms with Gasteiger partial charge in [0.15, 0.2) is 0 Å². The normalized spacial score (nSPS) is 15.2. The average Bonchev–Trinajstić information content (AvgIpc) is 3.06. The highest BCUT2D eigenvalue weighted by atomic mass is 16.5. The summed E-state index contributed by atoms with van der Waals surface area (Å²) in [6, 6.07) is 6.24. The Hall–Kier alpha value is -2.89. The summed E-state index contributed by atoms with van der Waals surface area (Å²) >= 11 is 0. The Bertz CT molecular complexity index is 1030. The number of aryl methyl sites for hydroxylation is 2. The van der Waals surface area contributed by atoms with E-state index in [0.29, 0.717) is 11.5 Å². The van der Waals surface area contributed by atoms with E-state index in [-0.39, 0.29) is 5.91 Å². The van der Waals surface area contributed by atoms with E-state index in [1.165, 1.54) is 5.39 Å². The van der Waals surface area contributed by atoms with Crippen molar-refractivity contribution in [3.8, 4) is 5.75 Å². The summed E-state index contributed by atoms with van der Waals surface area (Å²) in [6.07, 6.45) is 5.47. The van der Waals surface area contributed by atoms with Gasteiger partial charge < -0.3 is 9.64 Å². The van der Waals surface area contributed by atoms with Crippen molar-refractivity contribution < 1.29 is 9.53 Å². The molecule has 6 nitrogen and oxygen atoms in total. The topological polar surface area (TPSA) is 60.2 Å². The summed E-state index contributed by atoms with van der Waals surface area (Å²) in [6.45, 7) is 5.51. The van der Waals surface area contributed by atoms with Crippen LogP contribution in [0, 0.1) is 13.8 Å². The molecule has 1 aliphatic heterocycles. The van der Waals surface area contributed by atoms with Crippen LogP contribution >= 0.6 is 0 Å². The molecule has 2 aromatic heterocycles. The second-order valence-electron chi connectivity index (χ2n) is 7.56. The zero-order chi connectivity index (χ0) is 19.8. The molecule has 1 aromatic carbocycles. The van der Waals surface area contributed by atoms with Crippen molar-refractivity contribution >= 4 is 16.7 Å². The van der Waals surface area contributed by atoms with Gasteiger partial charge in [-0.3, -0.25) is 14.5 Å². The van der Waals surface area contributed by atoms with Crippen molar-refractivity contribution in [2.75, 3.05) is 20.2 Å². The van der Waals surface area contributed by atoms with Gasteiger partial charge in [-0.25, -0.2) is 0 Å². The Balaban J connectivity index is 1.51. The van der Waals surface area contributed by atoms with Crippen LogP contribution in [0.4, 0.5) is 0 Å².